The number of carbonyl (C=O) groups is 1. The van der Waals surface area contributed by atoms with Crippen LogP contribution in [-0.4, -0.2) is 42.3 Å². The highest BCUT2D eigenvalue weighted by atomic mass is 19.3. The van der Waals surface area contributed by atoms with Crippen LogP contribution in [-0.2, 0) is 25.5 Å². The van der Waals surface area contributed by atoms with Crippen LogP contribution < -0.4 is 4.74 Å². The van der Waals surface area contributed by atoms with E-state index in [-0.39, 0.29) is 17.2 Å². The summed E-state index contributed by atoms with van der Waals surface area (Å²) in [6.07, 6.45) is -17.5. The molecule has 224 valence electrons. The number of halogens is 6. The first-order chi connectivity index (χ1) is 19.1. The van der Waals surface area contributed by atoms with Crippen molar-refractivity contribution in [3.63, 3.8) is 0 Å². The highest BCUT2D eigenvalue weighted by Gasteiger charge is 2.52. The molecule has 2 aromatic carbocycles. The van der Waals surface area contributed by atoms with Crippen LogP contribution in [0.25, 0.3) is 22.2 Å². The van der Waals surface area contributed by atoms with Crippen LogP contribution in [0.3, 0.4) is 0 Å². The molecule has 1 aromatic heterocycles. The van der Waals surface area contributed by atoms with Gasteiger partial charge in [-0.3, -0.25) is 0 Å². The van der Waals surface area contributed by atoms with E-state index in [1.54, 1.807) is 18.2 Å². The van der Waals surface area contributed by atoms with Crippen molar-refractivity contribution in [3.05, 3.63) is 66.7 Å². The van der Waals surface area contributed by atoms with Crippen molar-refractivity contribution in [2.75, 3.05) is 13.2 Å². The van der Waals surface area contributed by atoms with E-state index < -0.39 is 50.5 Å². The summed E-state index contributed by atoms with van der Waals surface area (Å²) in [5, 5.41) is 0.887. The third-order valence-electron chi connectivity index (χ3n) is 5.67. The zero-order valence-electron chi connectivity index (χ0n) is 22.8. The van der Waals surface area contributed by atoms with Crippen LogP contribution >= 0.6 is 0 Å². The van der Waals surface area contributed by atoms with Crippen molar-refractivity contribution in [2.24, 2.45) is 5.92 Å². The van der Waals surface area contributed by atoms with E-state index in [1.165, 1.54) is 6.92 Å². The number of nitrogens with zero attached hydrogens (tertiary/aromatic N) is 1. The summed E-state index contributed by atoms with van der Waals surface area (Å²) >= 11 is 0. The van der Waals surface area contributed by atoms with Crippen LogP contribution in [0, 0.1) is 5.92 Å². The van der Waals surface area contributed by atoms with Gasteiger partial charge in [-0.1, -0.05) is 50.8 Å². The first kappa shape index (κ1) is 32.0. The van der Waals surface area contributed by atoms with E-state index in [0.29, 0.717) is 6.54 Å². The third kappa shape index (κ3) is 9.53. The van der Waals surface area contributed by atoms with Gasteiger partial charge in [0.2, 0.25) is 0 Å². The molecular formula is C29H31F6NO5. The third-order valence-corrected chi connectivity index (χ3v) is 5.67. The fourth-order valence-corrected chi connectivity index (χ4v) is 3.88. The molecule has 0 saturated carbocycles. The number of rotatable bonds is 15. The Morgan fingerprint density at radius 1 is 0.902 bits per heavy atom. The summed E-state index contributed by atoms with van der Waals surface area (Å²) in [6.45, 7) is 7.46. The van der Waals surface area contributed by atoms with Gasteiger partial charge in [0.15, 0.2) is 0 Å². The number of benzene rings is 2. The molecule has 0 aliphatic carbocycles. The number of alkyl halides is 6. The molecule has 1 heterocycles. The predicted molar refractivity (Wildman–Crippen MR) is 140 cm³/mol. The van der Waals surface area contributed by atoms with E-state index in [2.05, 4.69) is 39.2 Å². The fourth-order valence-electron chi connectivity index (χ4n) is 3.88. The summed E-state index contributed by atoms with van der Waals surface area (Å²) < 4.78 is 101. The molecule has 0 saturated heterocycles. The first-order valence-corrected chi connectivity index (χ1v) is 12.8. The maximum Gasteiger partial charge on any atom is 0.494 e. The number of esters is 1. The molecule has 3 rings (SSSR count). The zero-order chi connectivity index (χ0) is 30.4. The lowest BCUT2D eigenvalue weighted by Crippen LogP contribution is -2.41. The minimum Gasteiger partial charge on any atom is -0.493 e. The Labute approximate surface area is 233 Å². The van der Waals surface area contributed by atoms with Gasteiger partial charge in [-0.25, -0.2) is 14.3 Å². The Balaban J connectivity index is 1.62. The summed E-state index contributed by atoms with van der Waals surface area (Å²) in [7, 11) is 0. The van der Waals surface area contributed by atoms with Gasteiger partial charge in [0.25, 0.3) is 0 Å². The van der Waals surface area contributed by atoms with Crippen LogP contribution in [0.1, 0.15) is 33.6 Å². The zero-order valence-corrected chi connectivity index (χ0v) is 22.8. The predicted octanol–water partition coefficient (Wildman–Crippen LogP) is 8.01. The van der Waals surface area contributed by atoms with Gasteiger partial charge in [0, 0.05) is 29.3 Å². The Morgan fingerprint density at radius 3 is 2.10 bits per heavy atom. The van der Waals surface area contributed by atoms with Crippen molar-refractivity contribution in [1.82, 2.24) is 4.57 Å². The molecule has 0 aliphatic heterocycles. The molecule has 0 fully saturated rings. The van der Waals surface area contributed by atoms with Crippen molar-refractivity contribution in [2.45, 2.75) is 58.7 Å². The summed E-state index contributed by atoms with van der Waals surface area (Å²) in [5.74, 6) is -0.537. The number of ether oxygens (including phenoxy) is 4. The topological polar surface area (TPSA) is 58.9 Å². The van der Waals surface area contributed by atoms with Gasteiger partial charge in [-0.05, 0) is 36.6 Å². The van der Waals surface area contributed by atoms with E-state index >= 15 is 0 Å². The monoisotopic (exact) mass is 587 g/mol. The Morgan fingerprint density at radius 2 is 1.51 bits per heavy atom. The number of hydrogen-bond acceptors (Lipinski definition) is 5. The van der Waals surface area contributed by atoms with Gasteiger partial charge in [-0.15, -0.1) is 8.78 Å². The summed E-state index contributed by atoms with van der Waals surface area (Å²) in [5.41, 5.74) is 2.63. The highest BCUT2D eigenvalue weighted by Crippen LogP contribution is 2.36. The van der Waals surface area contributed by atoms with Gasteiger partial charge in [0.1, 0.15) is 5.75 Å². The number of aromatic nitrogens is 1. The van der Waals surface area contributed by atoms with E-state index in [0.717, 1.165) is 22.2 Å². The Bertz CT molecular complexity index is 1340. The molecule has 6 nitrogen and oxygen atoms in total. The first-order valence-electron chi connectivity index (χ1n) is 12.8. The maximum atomic E-state index is 14.1. The molecule has 0 aliphatic rings. The molecule has 41 heavy (non-hydrogen) atoms. The molecule has 0 N–H and O–H groups in total. The van der Waals surface area contributed by atoms with Crippen LogP contribution in [0.2, 0.25) is 0 Å². The molecule has 0 radical (unpaired) electrons. The van der Waals surface area contributed by atoms with Crippen LogP contribution in [0.4, 0.5) is 26.3 Å². The standard InChI is InChI=1S/C29H31F6NO5/c1-19(2)18-36-24(21-8-6-5-7-9-21)16-22-10-11-23(17-25(22)36)38-14-12-27(30,31)40-29(34,35)41-28(32,33)13-15-39-26(37)20(3)4/h5-11,16-17,19H,3,12-15,18H2,1-2,4H3. The number of carbonyl (C=O) groups excluding carboxylic acids is 1. The largest absolute Gasteiger partial charge is 0.494 e. The SMILES string of the molecule is C=C(C)C(=O)OCCC(F)(F)OC(F)(F)OC(F)(F)CCOc1ccc2cc(-c3ccccc3)n(CC(C)C)c2c1. The average Bonchev–Trinajstić information content (AvgIpc) is 3.19. The van der Waals surface area contributed by atoms with E-state index in [1.807, 2.05) is 36.4 Å². The minimum absolute atomic E-state index is 0.105. The van der Waals surface area contributed by atoms with Crippen molar-refractivity contribution in [1.29, 1.82) is 0 Å². The molecule has 0 atom stereocenters. The van der Waals surface area contributed by atoms with Gasteiger partial charge >= 0.3 is 24.5 Å². The van der Waals surface area contributed by atoms with E-state index in [4.69, 9.17) is 4.74 Å². The van der Waals surface area contributed by atoms with E-state index in [9.17, 15) is 31.1 Å². The molecule has 0 unspecified atom stereocenters. The second-order valence-electron chi connectivity index (χ2n) is 9.83. The second kappa shape index (κ2) is 13.0. The van der Waals surface area contributed by atoms with Gasteiger partial charge in [-0.2, -0.15) is 17.6 Å². The second-order valence-corrected chi connectivity index (χ2v) is 9.83. The van der Waals surface area contributed by atoms with Gasteiger partial charge in [0.05, 0.1) is 31.6 Å². The maximum absolute atomic E-state index is 14.1. The highest BCUT2D eigenvalue weighted by molar-refractivity contribution is 5.88. The van der Waals surface area contributed by atoms with Crippen LogP contribution in [0.15, 0.2) is 66.7 Å². The van der Waals surface area contributed by atoms with Crippen molar-refractivity contribution < 1.29 is 50.1 Å². The summed E-state index contributed by atoms with van der Waals surface area (Å²) in [6, 6.07) is 16.6. The average molecular weight is 588 g/mol. The lowest BCUT2D eigenvalue weighted by Gasteiger charge is -2.26. The lowest BCUT2D eigenvalue weighted by molar-refractivity contribution is -0.514. The lowest BCUT2D eigenvalue weighted by atomic mass is 10.1. The number of hydrogen-bond donors (Lipinski definition) is 0. The summed E-state index contributed by atoms with van der Waals surface area (Å²) in [4.78, 5) is 11.2. The molecule has 12 heteroatoms. The molecular weight excluding hydrogens is 556 g/mol. The van der Waals surface area contributed by atoms with Crippen molar-refractivity contribution >= 4 is 16.9 Å². The molecule has 0 amide bonds. The Hall–Kier alpha value is -3.51. The van der Waals surface area contributed by atoms with Crippen LogP contribution in [0.5, 0.6) is 5.75 Å². The fraction of sp³-hybridized carbons (Fsp3) is 0.414. The molecule has 0 bridgehead atoms. The quantitative estimate of drug-likeness (QED) is 0.0780. The smallest absolute Gasteiger partial charge is 0.493 e. The van der Waals surface area contributed by atoms with Crippen molar-refractivity contribution in [3.8, 4) is 17.0 Å². The minimum atomic E-state index is -5.35. The molecule has 3 aromatic rings. The molecule has 0 spiro atoms. The normalized spacial score (nSPS) is 12.6. The van der Waals surface area contributed by atoms with Gasteiger partial charge < -0.3 is 14.0 Å². The number of fused-ring (bicyclic) bond motifs is 1. The Kier molecular flexibility index (Phi) is 10.1.